The molecule has 0 aliphatic rings. The topological polar surface area (TPSA) is 86.5 Å². The monoisotopic (exact) mass is 217 g/mol. The summed E-state index contributed by atoms with van der Waals surface area (Å²) < 4.78 is 4.61. The molecule has 0 saturated carbocycles. The van der Waals surface area contributed by atoms with Crippen LogP contribution < -0.4 is 0 Å². The highest BCUT2D eigenvalue weighted by molar-refractivity contribution is 5.81. The highest BCUT2D eigenvalue weighted by Crippen LogP contribution is 2.19. The summed E-state index contributed by atoms with van der Waals surface area (Å²) in [6.45, 7) is 4.16. The van der Waals surface area contributed by atoms with Gasteiger partial charge in [-0.15, -0.1) is 0 Å². The highest BCUT2D eigenvalue weighted by Gasteiger charge is 2.47. The number of esters is 1. The van der Waals surface area contributed by atoms with Gasteiger partial charge in [0.25, 0.3) is 0 Å². The molecule has 0 bridgehead atoms. The van der Waals surface area contributed by atoms with Crippen LogP contribution in [0.5, 0.6) is 0 Å². The minimum Gasteiger partial charge on any atom is -0.461 e. The van der Waals surface area contributed by atoms with Crippen LogP contribution in [0.15, 0.2) is 0 Å². The van der Waals surface area contributed by atoms with Crippen LogP contribution >= 0.6 is 0 Å². The molecule has 15 heavy (non-hydrogen) atoms. The molecular formula is C9H15NO5. The number of hydrogen-bond donors (Lipinski definition) is 0. The fraction of sp³-hybridized carbons (Fsp3) is 0.778. The number of ether oxygens (including phenoxy) is 1. The lowest BCUT2D eigenvalue weighted by Crippen LogP contribution is -2.45. The van der Waals surface area contributed by atoms with Crippen LogP contribution in [-0.2, 0) is 14.3 Å². The second-order valence-electron chi connectivity index (χ2n) is 3.45. The van der Waals surface area contributed by atoms with Gasteiger partial charge in [0, 0.05) is 24.7 Å². The Hall–Kier alpha value is -1.46. The lowest BCUT2D eigenvalue weighted by atomic mass is 9.96. The van der Waals surface area contributed by atoms with Gasteiger partial charge in [-0.3, -0.25) is 10.1 Å². The van der Waals surface area contributed by atoms with E-state index in [1.54, 1.807) is 6.92 Å². The molecule has 0 saturated heterocycles. The van der Waals surface area contributed by atoms with Crippen LogP contribution in [0.1, 0.15) is 33.6 Å². The van der Waals surface area contributed by atoms with Crippen LogP contribution in [-0.4, -0.2) is 28.8 Å². The Morgan fingerprint density at radius 3 is 2.33 bits per heavy atom. The van der Waals surface area contributed by atoms with Crippen molar-refractivity contribution in [3.05, 3.63) is 10.1 Å². The molecule has 6 heteroatoms. The van der Waals surface area contributed by atoms with E-state index in [2.05, 4.69) is 4.74 Å². The van der Waals surface area contributed by atoms with Crippen molar-refractivity contribution in [3.8, 4) is 0 Å². The van der Waals surface area contributed by atoms with E-state index < -0.39 is 16.4 Å². The molecule has 0 aliphatic carbocycles. The van der Waals surface area contributed by atoms with Gasteiger partial charge in [-0.25, -0.2) is 4.79 Å². The van der Waals surface area contributed by atoms with E-state index in [0.717, 1.165) is 0 Å². The molecule has 0 radical (unpaired) electrons. The molecule has 0 rings (SSSR count). The van der Waals surface area contributed by atoms with Crippen molar-refractivity contribution in [2.45, 2.75) is 39.2 Å². The van der Waals surface area contributed by atoms with Gasteiger partial charge >= 0.3 is 11.5 Å². The van der Waals surface area contributed by atoms with Crippen molar-refractivity contribution in [2.75, 3.05) is 6.61 Å². The average molecular weight is 217 g/mol. The highest BCUT2D eigenvalue weighted by atomic mass is 16.6. The van der Waals surface area contributed by atoms with Crippen molar-refractivity contribution in [1.82, 2.24) is 0 Å². The molecule has 0 aromatic carbocycles. The van der Waals surface area contributed by atoms with Crippen LogP contribution in [0.3, 0.4) is 0 Å². The number of carbonyl (C=O) groups excluding carboxylic acids is 2. The Bertz CT molecular complexity index is 276. The molecule has 0 heterocycles. The SMILES string of the molecule is CCOC(=O)C(C)(CCC(C)=O)[N+](=O)[O-]. The van der Waals surface area contributed by atoms with Crippen molar-refractivity contribution in [3.63, 3.8) is 0 Å². The number of hydrogen-bond acceptors (Lipinski definition) is 5. The Morgan fingerprint density at radius 2 is 2.00 bits per heavy atom. The second-order valence-corrected chi connectivity index (χ2v) is 3.45. The minimum absolute atomic E-state index is 0.00368. The minimum atomic E-state index is -1.82. The first-order valence-electron chi connectivity index (χ1n) is 4.65. The first-order valence-corrected chi connectivity index (χ1v) is 4.65. The van der Waals surface area contributed by atoms with E-state index in [9.17, 15) is 19.7 Å². The first kappa shape index (κ1) is 13.5. The standard InChI is InChI=1S/C9H15NO5/c1-4-15-8(12)9(3,10(13)14)6-5-7(2)11/h4-6H2,1-3H3. The van der Waals surface area contributed by atoms with Gasteiger partial charge in [-0.05, 0) is 13.8 Å². The van der Waals surface area contributed by atoms with E-state index in [0.29, 0.717) is 0 Å². The lowest BCUT2D eigenvalue weighted by molar-refractivity contribution is -0.551. The van der Waals surface area contributed by atoms with Crippen molar-refractivity contribution in [2.24, 2.45) is 0 Å². The summed E-state index contributed by atoms with van der Waals surface area (Å²) in [5, 5.41) is 10.7. The third kappa shape index (κ3) is 3.65. The van der Waals surface area contributed by atoms with Gasteiger partial charge in [-0.1, -0.05) is 0 Å². The summed E-state index contributed by atoms with van der Waals surface area (Å²) in [6.07, 6.45) is -0.134. The number of ketones is 1. The Balaban J connectivity index is 4.66. The van der Waals surface area contributed by atoms with Gasteiger partial charge in [0.2, 0.25) is 0 Å². The quantitative estimate of drug-likeness (QED) is 0.375. The van der Waals surface area contributed by atoms with E-state index in [1.807, 2.05) is 0 Å². The zero-order valence-corrected chi connectivity index (χ0v) is 9.11. The fourth-order valence-corrected chi connectivity index (χ4v) is 0.974. The number of carbonyl (C=O) groups is 2. The van der Waals surface area contributed by atoms with E-state index in [1.165, 1.54) is 13.8 Å². The summed E-state index contributed by atoms with van der Waals surface area (Å²) in [6, 6.07) is 0. The van der Waals surface area contributed by atoms with Crippen molar-refractivity contribution < 1.29 is 19.2 Å². The van der Waals surface area contributed by atoms with Gasteiger partial charge < -0.3 is 9.53 Å². The number of nitro groups is 1. The average Bonchev–Trinajstić information content (AvgIpc) is 2.14. The number of rotatable bonds is 6. The van der Waals surface area contributed by atoms with Gasteiger partial charge in [-0.2, -0.15) is 0 Å². The second kappa shape index (κ2) is 5.43. The third-order valence-electron chi connectivity index (χ3n) is 2.08. The maximum Gasteiger partial charge on any atom is 0.384 e. The zero-order valence-electron chi connectivity index (χ0n) is 9.11. The molecule has 6 nitrogen and oxygen atoms in total. The molecule has 1 atom stereocenters. The van der Waals surface area contributed by atoms with Gasteiger partial charge in [0.1, 0.15) is 5.78 Å². The van der Waals surface area contributed by atoms with Crippen LogP contribution in [0.2, 0.25) is 0 Å². The third-order valence-corrected chi connectivity index (χ3v) is 2.08. The smallest absolute Gasteiger partial charge is 0.384 e. The molecule has 0 amide bonds. The van der Waals surface area contributed by atoms with E-state index >= 15 is 0 Å². The predicted molar refractivity (Wildman–Crippen MR) is 51.9 cm³/mol. The van der Waals surface area contributed by atoms with Crippen molar-refractivity contribution in [1.29, 1.82) is 0 Å². The summed E-state index contributed by atoms with van der Waals surface area (Å²) in [5.74, 6) is -1.08. The Morgan fingerprint density at radius 1 is 1.47 bits per heavy atom. The van der Waals surface area contributed by atoms with Crippen LogP contribution in [0.4, 0.5) is 0 Å². The molecular weight excluding hydrogens is 202 g/mol. The van der Waals surface area contributed by atoms with Crippen LogP contribution in [0, 0.1) is 10.1 Å². The number of Topliss-reactive ketones (excluding diaryl/α,β-unsaturated/α-hetero) is 1. The molecule has 0 aromatic rings. The summed E-state index contributed by atoms with van der Waals surface area (Å²) >= 11 is 0. The molecule has 0 fully saturated rings. The predicted octanol–water partition coefficient (Wildman–Crippen LogP) is 0.954. The molecule has 0 N–H and O–H groups in total. The first-order chi connectivity index (χ1) is 6.84. The van der Waals surface area contributed by atoms with E-state index in [-0.39, 0.29) is 25.2 Å². The zero-order chi connectivity index (χ0) is 12.1. The molecule has 0 spiro atoms. The summed E-state index contributed by atoms with van der Waals surface area (Å²) in [5.41, 5.74) is -1.82. The fourth-order valence-electron chi connectivity index (χ4n) is 0.974. The normalized spacial score (nSPS) is 14.1. The molecule has 86 valence electrons. The van der Waals surface area contributed by atoms with E-state index in [4.69, 9.17) is 0 Å². The largest absolute Gasteiger partial charge is 0.461 e. The lowest BCUT2D eigenvalue weighted by Gasteiger charge is -2.17. The van der Waals surface area contributed by atoms with Gasteiger partial charge in [0.05, 0.1) is 6.61 Å². The molecule has 0 aromatic heterocycles. The van der Waals surface area contributed by atoms with Gasteiger partial charge in [0.15, 0.2) is 0 Å². The van der Waals surface area contributed by atoms with Crippen LogP contribution in [0.25, 0.3) is 0 Å². The maximum absolute atomic E-state index is 11.3. The van der Waals surface area contributed by atoms with Crippen molar-refractivity contribution >= 4 is 11.8 Å². The number of nitrogens with zero attached hydrogens (tertiary/aromatic N) is 1. The Kier molecular flexibility index (Phi) is 4.90. The molecule has 1 unspecified atom stereocenters. The summed E-state index contributed by atoms with van der Waals surface area (Å²) in [4.78, 5) is 32.1. The maximum atomic E-state index is 11.3. The molecule has 0 aliphatic heterocycles. The summed E-state index contributed by atoms with van der Waals surface area (Å²) in [7, 11) is 0. The Labute approximate surface area is 87.7 Å².